The van der Waals surface area contributed by atoms with Crippen molar-refractivity contribution in [2.75, 3.05) is 6.54 Å². The van der Waals surface area contributed by atoms with Crippen molar-refractivity contribution < 1.29 is 0 Å². The van der Waals surface area contributed by atoms with E-state index in [4.69, 9.17) is 0 Å². The van der Waals surface area contributed by atoms with E-state index in [1.165, 1.54) is 36.1 Å². The van der Waals surface area contributed by atoms with Crippen molar-refractivity contribution >= 4 is 0 Å². The van der Waals surface area contributed by atoms with Crippen molar-refractivity contribution in [2.24, 2.45) is 13.0 Å². The Hall–Kier alpha value is -1.61. The van der Waals surface area contributed by atoms with Crippen LogP contribution in [-0.4, -0.2) is 16.3 Å². The van der Waals surface area contributed by atoms with E-state index in [0.717, 1.165) is 13.0 Å². The molecular formula is C18H25N3. The standard InChI is InChI=1S/C18H25N3/c1-3-11-19-18-15(13-16-10-12-21(2)20-16)9-8-14-6-4-5-7-17(14)18/h4-7,10,12,15,18-19H,3,8-9,11,13H2,1-2H3. The molecule has 3 rings (SSSR count). The van der Waals surface area contributed by atoms with Gasteiger partial charge in [0.1, 0.15) is 0 Å². The summed E-state index contributed by atoms with van der Waals surface area (Å²) in [6.45, 7) is 3.31. The highest BCUT2D eigenvalue weighted by Gasteiger charge is 2.29. The molecule has 1 aliphatic rings. The molecule has 0 saturated carbocycles. The highest BCUT2D eigenvalue weighted by Crippen LogP contribution is 2.36. The van der Waals surface area contributed by atoms with Crippen molar-refractivity contribution in [2.45, 2.75) is 38.6 Å². The number of rotatable bonds is 5. The second-order valence-electron chi connectivity index (χ2n) is 6.11. The summed E-state index contributed by atoms with van der Waals surface area (Å²) in [4.78, 5) is 0. The topological polar surface area (TPSA) is 29.9 Å². The largest absolute Gasteiger partial charge is 0.310 e. The highest BCUT2D eigenvalue weighted by atomic mass is 15.2. The Balaban J connectivity index is 1.82. The van der Waals surface area contributed by atoms with Gasteiger partial charge in [0.25, 0.3) is 0 Å². The van der Waals surface area contributed by atoms with Gasteiger partial charge in [0, 0.05) is 19.3 Å². The smallest absolute Gasteiger partial charge is 0.0627 e. The zero-order chi connectivity index (χ0) is 14.7. The van der Waals surface area contributed by atoms with Gasteiger partial charge < -0.3 is 5.32 Å². The van der Waals surface area contributed by atoms with Crippen molar-refractivity contribution in [3.8, 4) is 0 Å². The molecule has 0 spiro atoms. The molecule has 0 fully saturated rings. The number of nitrogens with one attached hydrogen (secondary N) is 1. The van der Waals surface area contributed by atoms with E-state index in [1.807, 2.05) is 17.9 Å². The van der Waals surface area contributed by atoms with Crippen molar-refractivity contribution in [1.82, 2.24) is 15.1 Å². The van der Waals surface area contributed by atoms with Gasteiger partial charge in [-0.05, 0) is 55.3 Å². The fourth-order valence-electron chi connectivity index (χ4n) is 3.46. The Morgan fingerprint density at radius 3 is 2.90 bits per heavy atom. The molecule has 3 nitrogen and oxygen atoms in total. The molecule has 0 radical (unpaired) electrons. The summed E-state index contributed by atoms with van der Waals surface area (Å²) in [5.74, 6) is 0.640. The molecule has 1 aliphatic carbocycles. The number of aryl methyl sites for hydroxylation is 2. The van der Waals surface area contributed by atoms with Crippen LogP contribution in [0, 0.1) is 5.92 Å². The summed E-state index contributed by atoms with van der Waals surface area (Å²) < 4.78 is 1.90. The molecule has 0 saturated heterocycles. The van der Waals surface area contributed by atoms with E-state index in [0.29, 0.717) is 12.0 Å². The Morgan fingerprint density at radius 2 is 2.14 bits per heavy atom. The van der Waals surface area contributed by atoms with Crippen LogP contribution in [0.1, 0.15) is 42.6 Å². The SMILES string of the molecule is CCCNC1c2ccccc2CCC1Cc1ccn(C)n1. The molecule has 1 heterocycles. The molecule has 2 aromatic rings. The van der Waals surface area contributed by atoms with Gasteiger partial charge in [-0.3, -0.25) is 4.68 Å². The van der Waals surface area contributed by atoms with Gasteiger partial charge in [-0.25, -0.2) is 0 Å². The lowest BCUT2D eigenvalue weighted by Gasteiger charge is -2.34. The predicted molar refractivity (Wildman–Crippen MR) is 86.2 cm³/mol. The third kappa shape index (κ3) is 3.18. The lowest BCUT2D eigenvalue weighted by atomic mass is 9.77. The Morgan fingerprint density at radius 1 is 1.29 bits per heavy atom. The van der Waals surface area contributed by atoms with Crippen molar-refractivity contribution in [3.63, 3.8) is 0 Å². The number of nitrogens with zero attached hydrogens (tertiary/aromatic N) is 2. The molecule has 3 heteroatoms. The van der Waals surface area contributed by atoms with E-state index >= 15 is 0 Å². The quantitative estimate of drug-likeness (QED) is 0.912. The predicted octanol–water partition coefficient (Wildman–Crippen LogP) is 3.27. The summed E-state index contributed by atoms with van der Waals surface area (Å²) in [7, 11) is 1.99. The number of benzene rings is 1. The maximum atomic E-state index is 4.56. The van der Waals surface area contributed by atoms with Crippen molar-refractivity contribution in [1.29, 1.82) is 0 Å². The monoisotopic (exact) mass is 283 g/mol. The second kappa shape index (κ2) is 6.44. The molecule has 21 heavy (non-hydrogen) atoms. The van der Waals surface area contributed by atoms with Crippen LogP contribution in [0.4, 0.5) is 0 Å². The van der Waals surface area contributed by atoms with Gasteiger partial charge in [-0.15, -0.1) is 0 Å². The second-order valence-corrected chi connectivity index (χ2v) is 6.11. The molecule has 0 aliphatic heterocycles. The van der Waals surface area contributed by atoms with Crippen LogP contribution in [0.5, 0.6) is 0 Å². The first kappa shape index (κ1) is 14.3. The third-order valence-electron chi connectivity index (χ3n) is 4.50. The van der Waals surface area contributed by atoms with Crippen LogP contribution in [-0.2, 0) is 19.9 Å². The average Bonchev–Trinajstić information content (AvgIpc) is 2.91. The van der Waals surface area contributed by atoms with Gasteiger partial charge in [0.05, 0.1) is 5.69 Å². The van der Waals surface area contributed by atoms with E-state index in [9.17, 15) is 0 Å². The molecule has 2 unspecified atom stereocenters. The molecular weight excluding hydrogens is 258 g/mol. The van der Waals surface area contributed by atoms with E-state index in [1.54, 1.807) is 0 Å². The first-order chi connectivity index (χ1) is 10.3. The van der Waals surface area contributed by atoms with Gasteiger partial charge in [-0.1, -0.05) is 31.2 Å². The van der Waals surface area contributed by atoms with Crippen LogP contribution in [0.25, 0.3) is 0 Å². The molecule has 112 valence electrons. The lowest BCUT2D eigenvalue weighted by molar-refractivity contribution is 0.316. The maximum absolute atomic E-state index is 4.56. The number of fused-ring (bicyclic) bond motifs is 1. The number of hydrogen-bond acceptors (Lipinski definition) is 2. The first-order valence-corrected chi connectivity index (χ1v) is 8.07. The number of aromatic nitrogens is 2. The minimum atomic E-state index is 0.469. The highest BCUT2D eigenvalue weighted by molar-refractivity contribution is 5.33. The Labute approximate surface area is 127 Å². The summed E-state index contributed by atoms with van der Waals surface area (Å²) >= 11 is 0. The van der Waals surface area contributed by atoms with E-state index in [-0.39, 0.29) is 0 Å². The van der Waals surface area contributed by atoms with Gasteiger partial charge in [-0.2, -0.15) is 5.10 Å². The molecule has 1 aromatic heterocycles. The van der Waals surface area contributed by atoms with Crippen LogP contribution in [0.3, 0.4) is 0 Å². The van der Waals surface area contributed by atoms with Gasteiger partial charge in [0.15, 0.2) is 0 Å². The average molecular weight is 283 g/mol. The summed E-state index contributed by atoms with van der Waals surface area (Å²) in [5.41, 5.74) is 4.23. The lowest BCUT2D eigenvalue weighted by Crippen LogP contribution is -2.34. The van der Waals surface area contributed by atoms with Gasteiger partial charge >= 0.3 is 0 Å². The third-order valence-corrected chi connectivity index (χ3v) is 4.50. The zero-order valence-electron chi connectivity index (χ0n) is 13.0. The maximum Gasteiger partial charge on any atom is 0.0627 e. The first-order valence-electron chi connectivity index (χ1n) is 8.07. The van der Waals surface area contributed by atoms with E-state index in [2.05, 4.69) is 47.7 Å². The zero-order valence-corrected chi connectivity index (χ0v) is 13.0. The fourth-order valence-corrected chi connectivity index (χ4v) is 3.46. The normalized spacial score (nSPS) is 21.2. The summed E-state index contributed by atoms with van der Waals surface area (Å²) in [6, 6.07) is 11.5. The van der Waals surface area contributed by atoms with Crippen molar-refractivity contribution in [3.05, 3.63) is 53.3 Å². The van der Waals surface area contributed by atoms with Crippen LogP contribution >= 0.6 is 0 Å². The minimum absolute atomic E-state index is 0.469. The minimum Gasteiger partial charge on any atom is -0.310 e. The van der Waals surface area contributed by atoms with Crippen LogP contribution in [0.2, 0.25) is 0 Å². The fraction of sp³-hybridized carbons (Fsp3) is 0.500. The summed E-state index contributed by atoms with van der Waals surface area (Å²) in [6.07, 6.45) is 6.72. The van der Waals surface area contributed by atoms with E-state index < -0.39 is 0 Å². The van der Waals surface area contributed by atoms with Gasteiger partial charge in [0.2, 0.25) is 0 Å². The summed E-state index contributed by atoms with van der Waals surface area (Å²) in [5, 5.41) is 8.33. The van der Waals surface area contributed by atoms with Crippen LogP contribution < -0.4 is 5.32 Å². The Bertz CT molecular complexity index is 588. The molecule has 0 amide bonds. The molecule has 1 aromatic carbocycles. The molecule has 0 bridgehead atoms. The van der Waals surface area contributed by atoms with Crippen LogP contribution in [0.15, 0.2) is 36.5 Å². The molecule has 1 N–H and O–H groups in total. The molecule has 2 atom stereocenters. The Kier molecular flexibility index (Phi) is 4.39. The number of hydrogen-bond donors (Lipinski definition) is 1.